The van der Waals surface area contributed by atoms with Gasteiger partial charge in [-0.1, -0.05) is 30.3 Å². The third-order valence-electron chi connectivity index (χ3n) is 3.64. The van der Waals surface area contributed by atoms with Gasteiger partial charge in [-0.2, -0.15) is 0 Å². The first-order chi connectivity index (χ1) is 9.17. The Bertz CT molecular complexity index is 599. The molecule has 0 bridgehead atoms. The highest BCUT2D eigenvalue weighted by molar-refractivity contribution is 5.41. The van der Waals surface area contributed by atoms with E-state index in [4.69, 9.17) is 10.5 Å². The summed E-state index contributed by atoms with van der Waals surface area (Å²) in [5.74, 6) is 0.620. The maximum atomic E-state index is 13.3. The molecule has 19 heavy (non-hydrogen) atoms. The molecular formula is C16H16FNO. The number of para-hydroxylation sites is 1. The quantitative estimate of drug-likeness (QED) is 0.897. The van der Waals surface area contributed by atoms with E-state index in [-0.39, 0.29) is 5.82 Å². The lowest BCUT2D eigenvalue weighted by atomic mass is 9.80. The third-order valence-corrected chi connectivity index (χ3v) is 3.64. The summed E-state index contributed by atoms with van der Waals surface area (Å²) in [5, 5.41) is 0. The Morgan fingerprint density at radius 1 is 1.16 bits per heavy atom. The van der Waals surface area contributed by atoms with Crippen LogP contribution in [0.5, 0.6) is 5.75 Å². The van der Waals surface area contributed by atoms with Crippen molar-refractivity contribution in [1.29, 1.82) is 0 Å². The van der Waals surface area contributed by atoms with Crippen molar-refractivity contribution in [2.24, 2.45) is 5.73 Å². The summed E-state index contributed by atoms with van der Waals surface area (Å²) in [7, 11) is 0. The fraction of sp³-hybridized carbons (Fsp3) is 0.250. The summed E-state index contributed by atoms with van der Waals surface area (Å²) in [6, 6.07) is 14.5. The molecule has 0 amide bonds. The summed E-state index contributed by atoms with van der Waals surface area (Å²) in [5.41, 5.74) is 7.99. The van der Waals surface area contributed by atoms with Crippen molar-refractivity contribution in [2.75, 3.05) is 6.61 Å². The molecule has 1 aliphatic rings. The highest BCUT2D eigenvalue weighted by atomic mass is 19.1. The average molecular weight is 257 g/mol. The van der Waals surface area contributed by atoms with E-state index in [1.165, 1.54) is 6.07 Å². The molecule has 0 spiro atoms. The molecule has 0 radical (unpaired) electrons. The standard InChI is InChI=1S/C16H16FNO/c17-13-5-3-4-12(10-13)11-16(18)8-9-19-15-7-2-1-6-14(15)16/h1-7,10H,8-9,11,18H2. The van der Waals surface area contributed by atoms with Crippen molar-refractivity contribution in [2.45, 2.75) is 18.4 Å². The molecule has 98 valence electrons. The number of hydrogen-bond donors (Lipinski definition) is 1. The van der Waals surface area contributed by atoms with Crippen molar-refractivity contribution >= 4 is 0 Å². The molecule has 0 fully saturated rings. The maximum absolute atomic E-state index is 13.3. The van der Waals surface area contributed by atoms with Crippen LogP contribution in [0.25, 0.3) is 0 Å². The first-order valence-electron chi connectivity index (χ1n) is 6.43. The van der Waals surface area contributed by atoms with E-state index in [1.54, 1.807) is 12.1 Å². The van der Waals surface area contributed by atoms with Crippen LogP contribution in [0.4, 0.5) is 4.39 Å². The molecule has 2 nitrogen and oxygen atoms in total. The predicted molar refractivity (Wildman–Crippen MR) is 72.5 cm³/mol. The molecular weight excluding hydrogens is 241 g/mol. The molecule has 1 heterocycles. The molecule has 0 saturated carbocycles. The van der Waals surface area contributed by atoms with E-state index in [0.717, 1.165) is 23.3 Å². The van der Waals surface area contributed by atoms with Crippen LogP contribution >= 0.6 is 0 Å². The van der Waals surface area contributed by atoms with E-state index >= 15 is 0 Å². The summed E-state index contributed by atoms with van der Waals surface area (Å²) < 4.78 is 18.9. The second-order valence-corrected chi connectivity index (χ2v) is 5.06. The Morgan fingerprint density at radius 2 is 2.00 bits per heavy atom. The largest absolute Gasteiger partial charge is 0.493 e. The zero-order valence-corrected chi connectivity index (χ0v) is 10.6. The smallest absolute Gasteiger partial charge is 0.124 e. The van der Waals surface area contributed by atoms with E-state index in [1.807, 2.05) is 30.3 Å². The van der Waals surface area contributed by atoms with Crippen LogP contribution in [0, 0.1) is 5.82 Å². The summed E-state index contributed by atoms with van der Waals surface area (Å²) in [6.07, 6.45) is 1.35. The Balaban J connectivity index is 1.96. The van der Waals surface area contributed by atoms with E-state index in [2.05, 4.69) is 0 Å². The van der Waals surface area contributed by atoms with Crippen molar-refractivity contribution in [3.05, 3.63) is 65.5 Å². The number of ether oxygens (including phenoxy) is 1. The number of halogens is 1. The van der Waals surface area contributed by atoms with Crippen molar-refractivity contribution in [3.8, 4) is 5.75 Å². The zero-order chi connectivity index (χ0) is 13.3. The molecule has 3 rings (SSSR count). The molecule has 2 aromatic rings. The number of benzene rings is 2. The Kier molecular flexibility index (Phi) is 2.99. The molecule has 1 unspecified atom stereocenters. The minimum Gasteiger partial charge on any atom is -0.493 e. The summed E-state index contributed by atoms with van der Waals surface area (Å²) in [4.78, 5) is 0. The second kappa shape index (κ2) is 4.67. The van der Waals surface area contributed by atoms with Gasteiger partial charge >= 0.3 is 0 Å². The fourth-order valence-electron chi connectivity index (χ4n) is 2.68. The summed E-state index contributed by atoms with van der Waals surface area (Å²) >= 11 is 0. The third kappa shape index (κ3) is 2.34. The van der Waals surface area contributed by atoms with Gasteiger partial charge in [0.1, 0.15) is 11.6 Å². The van der Waals surface area contributed by atoms with Gasteiger partial charge in [-0.3, -0.25) is 0 Å². The van der Waals surface area contributed by atoms with Crippen LogP contribution in [0.1, 0.15) is 17.5 Å². The van der Waals surface area contributed by atoms with Crippen LogP contribution in [0.15, 0.2) is 48.5 Å². The molecule has 1 aliphatic heterocycles. The monoisotopic (exact) mass is 257 g/mol. The number of rotatable bonds is 2. The van der Waals surface area contributed by atoms with E-state index < -0.39 is 5.54 Å². The van der Waals surface area contributed by atoms with Gasteiger partial charge < -0.3 is 10.5 Å². The zero-order valence-electron chi connectivity index (χ0n) is 10.6. The van der Waals surface area contributed by atoms with Gasteiger partial charge in [0.05, 0.1) is 12.1 Å². The minimum absolute atomic E-state index is 0.221. The van der Waals surface area contributed by atoms with Crippen LogP contribution < -0.4 is 10.5 Å². The molecule has 3 heteroatoms. The maximum Gasteiger partial charge on any atom is 0.124 e. The lowest BCUT2D eigenvalue weighted by molar-refractivity contribution is 0.215. The number of nitrogens with two attached hydrogens (primary N) is 1. The van der Waals surface area contributed by atoms with Gasteiger partial charge in [-0.25, -0.2) is 4.39 Å². The van der Waals surface area contributed by atoms with E-state index in [0.29, 0.717) is 13.0 Å². The Hall–Kier alpha value is -1.87. The summed E-state index contributed by atoms with van der Waals surface area (Å²) in [6.45, 7) is 0.600. The number of fused-ring (bicyclic) bond motifs is 1. The van der Waals surface area contributed by atoms with Gasteiger partial charge in [0, 0.05) is 12.0 Å². The van der Waals surface area contributed by atoms with Crippen molar-refractivity contribution in [1.82, 2.24) is 0 Å². The van der Waals surface area contributed by atoms with Gasteiger partial charge in [-0.05, 0) is 30.2 Å². The van der Waals surface area contributed by atoms with Crippen LogP contribution in [-0.4, -0.2) is 6.61 Å². The Morgan fingerprint density at radius 3 is 2.84 bits per heavy atom. The second-order valence-electron chi connectivity index (χ2n) is 5.06. The SMILES string of the molecule is NC1(Cc2cccc(F)c2)CCOc2ccccc21. The van der Waals surface area contributed by atoms with Crippen molar-refractivity contribution in [3.63, 3.8) is 0 Å². The molecule has 2 aromatic carbocycles. The molecule has 0 aromatic heterocycles. The normalized spacial score (nSPS) is 21.6. The molecule has 0 saturated heterocycles. The highest BCUT2D eigenvalue weighted by Crippen LogP contribution is 2.37. The first kappa shape index (κ1) is 12.2. The first-order valence-corrected chi connectivity index (χ1v) is 6.43. The van der Waals surface area contributed by atoms with Crippen LogP contribution in [0.3, 0.4) is 0 Å². The van der Waals surface area contributed by atoms with E-state index in [9.17, 15) is 4.39 Å². The van der Waals surface area contributed by atoms with Crippen LogP contribution in [-0.2, 0) is 12.0 Å². The molecule has 2 N–H and O–H groups in total. The lowest BCUT2D eigenvalue weighted by Gasteiger charge is -2.35. The Labute approximate surface area is 112 Å². The fourth-order valence-corrected chi connectivity index (χ4v) is 2.68. The average Bonchev–Trinajstić information content (AvgIpc) is 2.39. The number of hydrogen-bond acceptors (Lipinski definition) is 2. The van der Waals surface area contributed by atoms with Gasteiger partial charge in [-0.15, -0.1) is 0 Å². The minimum atomic E-state index is -0.483. The van der Waals surface area contributed by atoms with Gasteiger partial charge in [0.2, 0.25) is 0 Å². The topological polar surface area (TPSA) is 35.2 Å². The lowest BCUT2D eigenvalue weighted by Crippen LogP contribution is -2.43. The molecule has 0 aliphatic carbocycles. The highest BCUT2D eigenvalue weighted by Gasteiger charge is 2.33. The van der Waals surface area contributed by atoms with Crippen LogP contribution in [0.2, 0.25) is 0 Å². The van der Waals surface area contributed by atoms with Gasteiger partial charge in [0.25, 0.3) is 0 Å². The molecule has 1 atom stereocenters. The van der Waals surface area contributed by atoms with Gasteiger partial charge in [0.15, 0.2) is 0 Å². The predicted octanol–water partition coefficient (Wildman–Crippen LogP) is 3.00. The van der Waals surface area contributed by atoms with Crippen molar-refractivity contribution < 1.29 is 9.13 Å².